The molecule has 3 N–H and O–H groups in total. The number of guanidine groups is 1. The number of esters is 1. The molecule has 0 aliphatic carbocycles. The summed E-state index contributed by atoms with van der Waals surface area (Å²) in [6.45, 7) is 5.08. The van der Waals surface area contributed by atoms with Gasteiger partial charge >= 0.3 is 5.97 Å². The summed E-state index contributed by atoms with van der Waals surface area (Å²) in [6, 6.07) is 10.1. The normalized spacial score (nSPS) is 14.2. The lowest BCUT2D eigenvalue weighted by Crippen LogP contribution is -2.39. The summed E-state index contributed by atoms with van der Waals surface area (Å²) in [4.78, 5) is 16.7. The van der Waals surface area contributed by atoms with Crippen LogP contribution in [0.5, 0.6) is 0 Å². The second kappa shape index (κ2) is 9.39. The zero-order valence-electron chi connectivity index (χ0n) is 14.8. The van der Waals surface area contributed by atoms with Gasteiger partial charge in [-0.05, 0) is 24.4 Å². The van der Waals surface area contributed by atoms with Crippen molar-refractivity contribution in [1.82, 2.24) is 10.6 Å². The summed E-state index contributed by atoms with van der Waals surface area (Å²) in [5.41, 5.74) is 0. The molecule has 2 unspecified atom stereocenters. The fourth-order valence-corrected chi connectivity index (χ4v) is 3.36. The maximum Gasteiger partial charge on any atom is 0.310 e. The number of nitrogens with one attached hydrogen (secondary N) is 2. The van der Waals surface area contributed by atoms with Crippen LogP contribution in [0.25, 0.3) is 10.1 Å². The molecule has 1 heterocycles. The number of carbonyl (C=O) groups is 1. The highest BCUT2D eigenvalue weighted by Gasteiger charge is 2.14. The Morgan fingerprint density at radius 1 is 1.36 bits per heavy atom. The predicted molar refractivity (Wildman–Crippen MR) is 102 cm³/mol. The van der Waals surface area contributed by atoms with Crippen molar-refractivity contribution in [2.45, 2.75) is 20.0 Å². The lowest BCUT2D eigenvalue weighted by atomic mass is 10.2. The lowest BCUT2D eigenvalue weighted by Gasteiger charge is -2.15. The van der Waals surface area contributed by atoms with Gasteiger partial charge in [0.05, 0.1) is 19.6 Å². The SMILES string of the molecule is CCNC(=NCC(C)C(=O)OC)NCC(O)c1cc2ccccc2s1. The summed E-state index contributed by atoms with van der Waals surface area (Å²) < 4.78 is 5.86. The first-order chi connectivity index (χ1) is 12.0. The number of aliphatic hydroxyl groups excluding tert-OH is 1. The third kappa shape index (κ3) is 5.44. The first-order valence-corrected chi connectivity index (χ1v) is 9.13. The third-order valence-corrected chi connectivity index (χ3v) is 4.92. The van der Waals surface area contributed by atoms with Crippen LogP contribution in [0.15, 0.2) is 35.3 Å². The quantitative estimate of drug-likeness (QED) is 0.399. The molecular weight excluding hydrogens is 338 g/mol. The van der Waals surface area contributed by atoms with Crippen molar-refractivity contribution in [3.63, 3.8) is 0 Å². The summed E-state index contributed by atoms with van der Waals surface area (Å²) in [6.07, 6.45) is -0.626. The van der Waals surface area contributed by atoms with Crippen LogP contribution in [0.3, 0.4) is 0 Å². The predicted octanol–water partition coefficient (Wildman–Crippen LogP) is 2.30. The van der Waals surface area contributed by atoms with Crippen molar-refractivity contribution in [1.29, 1.82) is 0 Å². The van der Waals surface area contributed by atoms with E-state index in [4.69, 9.17) is 4.74 Å². The Bertz CT molecular complexity index is 696. The lowest BCUT2D eigenvalue weighted by molar-refractivity contribution is -0.144. The molecule has 0 aliphatic rings. The highest BCUT2D eigenvalue weighted by atomic mass is 32.1. The third-order valence-electron chi connectivity index (χ3n) is 3.71. The molecule has 25 heavy (non-hydrogen) atoms. The van der Waals surface area contributed by atoms with E-state index < -0.39 is 6.10 Å². The number of rotatable bonds is 7. The second-order valence-corrected chi connectivity index (χ2v) is 6.84. The molecule has 2 atom stereocenters. The molecule has 0 bridgehead atoms. The molecule has 0 saturated carbocycles. The van der Waals surface area contributed by atoms with Gasteiger partial charge in [0, 0.05) is 22.7 Å². The first kappa shape index (κ1) is 19.2. The van der Waals surface area contributed by atoms with Crippen molar-refractivity contribution < 1.29 is 14.6 Å². The summed E-state index contributed by atoms with van der Waals surface area (Å²) in [7, 11) is 1.37. The van der Waals surface area contributed by atoms with E-state index in [1.54, 1.807) is 18.3 Å². The molecule has 0 saturated heterocycles. The van der Waals surface area contributed by atoms with Crippen molar-refractivity contribution >= 4 is 33.4 Å². The van der Waals surface area contributed by atoms with Crippen LogP contribution in [0.1, 0.15) is 24.8 Å². The molecule has 2 rings (SSSR count). The zero-order valence-corrected chi connectivity index (χ0v) is 15.6. The van der Waals surface area contributed by atoms with Gasteiger partial charge in [0.2, 0.25) is 0 Å². The molecule has 0 radical (unpaired) electrons. The topological polar surface area (TPSA) is 83.0 Å². The maximum absolute atomic E-state index is 11.4. The van der Waals surface area contributed by atoms with Gasteiger partial charge in [-0.25, -0.2) is 0 Å². The number of carbonyl (C=O) groups excluding carboxylic acids is 1. The minimum absolute atomic E-state index is 0.287. The largest absolute Gasteiger partial charge is 0.469 e. The molecule has 0 spiro atoms. The number of ether oxygens (including phenoxy) is 1. The molecule has 2 aromatic rings. The maximum atomic E-state index is 11.4. The van der Waals surface area contributed by atoms with Gasteiger partial charge < -0.3 is 20.5 Å². The van der Waals surface area contributed by atoms with Crippen LogP contribution in [-0.2, 0) is 9.53 Å². The van der Waals surface area contributed by atoms with Crippen molar-refractivity contribution in [3.8, 4) is 0 Å². The molecule has 1 aromatic carbocycles. The Balaban J connectivity index is 1.96. The van der Waals surface area contributed by atoms with Crippen molar-refractivity contribution in [2.24, 2.45) is 10.9 Å². The number of thiophene rings is 1. The number of hydrogen-bond acceptors (Lipinski definition) is 5. The smallest absolute Gasteiger partial charge is 0.310 e. The Morgan fingerprint density at radius 3 is 2.80 bits per heavy atom. The molecule has 1 aromatic heterocycles. The van der Waals surface area contributed by atoms with Crippen molar-refractivity contribution in [3.05, 3.63) is 35.2 Å². The van der Waals surface area contributed by atoms with E-state index in [1.807, 2.05) is 37.3 Å². The number of aliphatic hydroxyl groups is 1. The molecule has 6 nitrogen and oxygen atoms in total. The minimum Gasteiger partial charge on any atom is -0.469 e. The fraction of sp³-hybridized carbons (Fsp3) is 0.444. The first-order valence-electron chi connectivity index (χ1n) is 8.31. The van der Waals surface area contributed by atoms with Gasteiger partial charge in [-0.15, -0.1) is 11.3 Å². The number of methoxy groups -OCH3 is 1. The van der Waals surface area contributed by atoms with E-state index >= 15 is 0 Å². The average molecular weight is 363 g/mol. The van der Waals surface area contributed by atoms with Crippen molar-refractivity contribution in [2.75, 3.05) is 26.7 Å². The average Bonchev–Trinajstić information content (AvgIpc) is 3.07. The minimum atomic E-state index is -0.626. The van der Waals surface area contributed by atoms with E-state index in [9.17, 15) is 9.90 Å². The van der Waals surface area contributed by atoms with Crippen LogP contribution < -0.4 is 10.6 Å². The Morgan fingerprint density at radius 2 is 2.12 bits per heavy atom. The van der Waals surface area contributed by atoms with Gasteiger partial charge in [-0.3, -0.25) is 9.79 Å². The zero-order chi connectivity index (χ0) is 18.2. The number of benzene rings is 1. The molecule has 0 fully saturated rings. The highest BCUT2D eigenvalue weighted by Crippen LogP contribution is 2.29. The Labute approximate surface area is 151 Å². The van der Waals surface area contributed by atoms with E-state index in [-0.39, 0.29) is 11.9 Å². The highest BCUT2D eigenvalue weighted by molar-refractivity contribution is 7.19. The van der Waals surface area contributed by atoms with E-state index in [0.717, 1.165) is 15.0 Å². The number of fused-ring (bicyclic) bond motifs is 1. The summed E-state index contributed by atoms with van der Waals surface area (Å²) >= 11 is 1.58. The second-order valence-electron chi connectivity index (χ2n) is 5.73. The molecule has 7 heteroatoms. The van der Waals surface area contributed by atoms with Gasteiger partial charge in [0.15, 0.2) is 5.96 Å². The van der Waals surface area contributed by atoms with Crippen LogP contribution in [-0.4, -0.2) is 43.8 Å². The van der Waals surface area contributed by atoms with Gasteiger partial charge in [0.1, 0.15) is 6.10 Å². The number of nitrogens with zero attached hydrogens (tertiary/aromatic N) is 1. The van der Waals surface area contributed by atoms with Crippen LogP contribution in [0.2, 0.25) is 0 Å². The molecule has 0 amide bonds. The summed E-state index contributed by atoms with van der Waals surface area (Å²) in [5, 5.41) is 17.8. The molecule has 0 aliphatic heterocycles. The number of hydrogen-bond donors (Lipinski definition) is 3. The molecule has 136 valence electrons. The van der Waals surface area contributed by atoms with E-state index in [1.165, 1.54) is 7.11 Å². The van der Waals surface area contributed by atoms with Crippen LogP contribution in [0.4, 0.5) is 0 Å². The monoisotopic (exact) mass is 363 g/mol. The van der Waals surface area contributed by atoms with Crippen LogP contribution in [0, 0.1) is 5.92 Å². The Hall–Kier alpha value is -2.12. The van der Waals surface area contributed by atoms with E-state index in [2.05, 4.69) is 15.6 Å². The Kier molecular flexibility index (Phi) is 7.21. The molecular formula is C18H25N3O3S. The number of aliphatic imine (C=N–C) groups is 1. The van der Waals surface area contributed by atoms with Gasteiger partial charge in [-0.2, -0.15) is 0 Å². The van der Waals surface area contributed by atoms with Gasteiger partial charge in [0.25, 0.3) is 0 Å². The van der Waals surface area contributed by atoms with Gasteiger partial charge in [-0.1, -0.05) is 25.1 Å². The standard InChI is InChI=1S/C18H25N3O3S/c1-4-19-18(20-10-12(2)17(23)24-3)21-11-14(22)16-9-13-7-5-6-8-15(13)25-16/h5-9,12,14,22H,4,10-11H2,1-3H3,(H2,19,20,21). The fourth-order valence-electron chi connectivity index (χ4n) is 2.31. The van der Waals surface area contributed by atoms with E-state index in [0.29, 0.717) is 25.6 Å². The van der Waals surface area contributed by atoms with Crippen LogP contribution >= 0.6 is 11.3 Å². The summed E-state index contributed by atoms with van der Waals surface area (Å²) in [5.74, 6) is -0.0312.